The molecule has 0 spiro atoms. The standard InChI is InChI=1S/C23H26N2O2/c1-15(2)18-9-5-17(6-10-18)7-13-22(26)25-21-14-19(8-4-16(21)3)23(27)24-20-11-12-20/h4-10,13-15,20H,11-12H2,1-3H3,(H,24,27)(H,25,26)/b13-7+. The second-order valence-corrected chi connectivity index (χ2v) is 7.42. The fourth-order valence-electron chi connectivity index (χ4n) is 2.73. The van der Waals surface area contributed by atoms with Gasteiger partial charge in [0.25, 0.3) is 5.91 Å². The minimum Gasteiger partial charge on any atom is -0.349 e. The van der Waals surface area contributed by atoms with E-state index in [0.29, 0.717) is 23.2 Å². The predicted molar refractivity (Wildman–Crippen MR) is 110 cm³/mol. The maximum Gasteiger partial charge on any atom is 0.251 e. The Balaban J connectivity index is 1.65. The van der Waals surface area contributed by atoms with Gasteiger partial charge in [-0.2, -0.15) is 0 Å². The first-order valence-corrected chi connectivity index (χ1v) is 9.43. The van der Waals surface area contributed by atoms with E-state index in [-0.39, 0.29) is 11.8 Å². The van der Waals surface area contributed by atoms with Crippen LogP contribution >= 0.6 is 0 Å². The van der Waals surface area contributed by atoms with Gasteiger partial charge in [0, 0.05) is 23.4 Å². The van der Waals surface area contributed by atoms with Crippen molar-refractivity contribution >= 4 is 23.6 Å². The zero-order chi connectivity index (χ0) is 19.4. The summed E-state index contributed by atoms with van der Waals surface area (Å²) in [5.74, 6) is 0.179. The molecule has 0 saturated heterocycles. The van der Waals surface area contributed by atoms with E-state index in [9.17, 15) is 9.59 Å². The molecular formula is C23H26N2O2. The molecule has 2 amide bonds. The average Bonchev–Trinajstić information content (AvgIpc) is 3.46. The van der Waals surface area contributed by atoms with Crippen LogP contribution in [0.2, 0.25) is 0 Å². The summed E-state index contributed by atoms with van der Waals surface area (Å²) in [6, 6.07) is 13.8. The molecule has 0 atom stereocenters. The maximum absolute atomic E-state index is 12.3. The summed E-state index contributed by atoms with van der Waals surface area (Å²) in [6.07, 6.45) is 5.40. The highest BCUT2D eigenvalue weighted by molar-refractivity contribution is 6.03. The van der Waals surface area contributed by atoms with Crippen molar-refractivity contribution in [2.45, 2.75) is 45.6 Å². The Morgan fingerprint density at radius 3 is 2.41 bits per heavy atom. The third-order valence-electron chi connectivity index (χ3n) is 4.70. The lowest BCUT2D eigenvalue weighted by atomic mass is 10.0. The number of aryl methyl sites for hydroxylation is 1. The van der Waals surface area contributed by atoms with Gasteiger partial charge in [-0.15, -0.1) is 0 Å². The summed E-state index contributed by atoms with van der Waals surface area (Å²) in [4.78, 5) is 24.5. The van der Waals surface area contributed by atoms with E-state index in [1.165, 1.54) is 11.6 Å². The van der Waals surface area contributed by atoms with Crippen LogP contribution in [0.5, 0.6) is 0 Å². The van der Waals surface area contributed by atoms with Crippen molar-refractivity contribution in [3.63, 3.8) is 0 Å². The summed E-state index contributed by atoms with van der Waals surface area (Å²) in [6.45, 7) is 6.21. The molecule has 0 radical (unpaired) electrons. The second-order valence-electron chi connectivity index (χ2n) is 7.42. The van der Waals surface area contributed by atoms with Crippen molar-refractivity contribution in [2.75, 3.05) is 5.32 Å². The van der Waals surface area contributed by atoms with Crippen molar-refractivity contribution in [1.82, 2.24) is 5.32 Å². The minimum atomic E-state index is -0.217. The normalized spacial score (nSPS) is 13.8. The minimum absolute atomic E-state index is 0.0891. The van der Waals surface area contributed by atoms with E-state index in [4.69, 9.17) is 0 Å². The van der Waals surface area contributed by atoms with Gasteiger partial charge in [-0.1, -0.05) is 44.2 Å². The molecule has 1 aliphatic rings. The lowest BCUT2D eigenvalue weighted by molar-refractivity contribution is -0.111. The molecule has 2 N–H and O–H groups in total. The quantitative estimate of drug-likeness (QED) is 0.734. The van der Waals surface area contributed by atoms with Crippen LogP contribution in [0.25, 0.3) is 6.08 Å². The number of anilines is 1. The number of carbonyl (C=O) groups is 2. The smallest absolute Gasteiger partial charge is 0.251 e. The molecule has 4 nitrogen and oxygen atoms in total. The Kier molecular flexibility index (Phi) is 5.75. The second kappa shape index (κ2) is 8.21. The van der Waals surface area contributed by atoms with Crippen LogP contribution in [-0.4, -0.2) is 17.9 Å². The SMILES string of the molecule is Cc1ccc(C(=O)NC2CC2)cc1NC(=O)/C=C/c1ccc(C(C)C)cc1. The molecule has 140 valence electrons. The van der Waals surface area contributed by atoms with Gasteiger partial charge in [-0.3, -0.25) is 9.59 Å². The van der Waals surface area contributed by atoms with Crippen LogP contribution in [0, 0.1) is 6.92 Å². The summed E-state index contributed by atoms with van der Waals surface area (Å²) in [5.41, 5.74) is 4.39. The Hall–Kier alpha value is -2.88. The Morgan fingerprint density at radius 1 is 1.07 bits per heavy atom. The number of hydrogen-bond donors (Lipinski definition) is 2. The van der Waals surface area contributed by atoms with Gasteiger partial charge in [0.15, 0.2) is 0 Å². The van der Waals surface area contributed by atoms with Crippen molar-refractivity contribution in [3.8, 4) is 0 Å². The van der Waals surface area contributed by atoms with Crippen LogP contribution in [0.4, 0.5) is 5.69 Å². The van der Waals surface area contributed by atoms with Crippen LogP contribution < -0.4 is 10.6 Å². The summed E-state index contributed by atoms with van der Waals surface area (Å²) in [5, 5.41) is 5.83. The van der Waals surface area contributed by atoms with Gasteiger partial charge in [-0.25, -0.2) is 0 Å². The fraction of sp³-hybridized carbons (Fsp3) is 0.304. The zero-order valence-electron chi connectivity index (χ0n) is 16.1. The summed E-state index contributed by atoms with van der Waals surface area (Å²) in [7, 11) is 0. The summed E-state index contributed by atoms with van der Waals surface area (Å²) >= 11 is 0. The Morgan fingerprint density at radius 2 is 1.78 bits per heavy atom. The Bertz CT molecular complexity index is 862. The summed E-state index contributed by atoms with van der Waals surface area (Å²) < 4.78 is 0. The molecule has 0 aliphatic heterocycles. The molecule has 2 aromatic rings. The monoisotopic (exact) mass is 362 g/mol. The van der Waals surface area contributed by atoms with Gasteiger partial charge in [0.05, 0.1) is 0 Å². The fourth-order valence-corrected chi connectivity index (χ4v) is 2.73. The van der Waals surface area contributed by atoms with E-state index in [0.717, 1.165) is 24.0 Å². The van der Waals surface area contributed by atoms with E-state index < -0.39 is 0 Å². The molecule has 0 bridgehead atoms. The molecule has 2 aromatic carbocycles. The van der Waals surface area contributed by atoms with E-state index in [1.807, 2.05) is 25.1 Å². The molecule has 1 aliphatic carbocycles. The number of amides is 2. The van der Waals surface area contributed by atoms with E-state index in [1.54, 1.807) is 18.2 Å². The van der Waals surface area contributed by atoms with Crippen LogP contribution in [0.3, 0.4) is 0 Å². The number of rotatable bonds is 6. The third-order valence-corrected chi connectivity index (χ3v) is 4.70. The first-order valence-electron chi connectivity index (χ1n) is 9.43. The Labute approximate surface area is 160 Å². The van der Waals surface area contributed by atoms with E-state index in [2.05, 4.69) is 36.6 Å². The predicted octanol–water partition coefficient (Wildman–Crippen LogP) is 4.66. The van der Waals surface area contributed by atoms with Crippen LogP contribution in [-0.2, 0) is 4.79 Å². The van der Waals surface area contributed by atoms with Crippen LogP contribution in [0.1, 0.15) is 59.7 Å². The lowest BCUT2D eigenvalue weighted by Crippen LogP contribution is -2.25. The topological polar surface area (TPSA) is 58.2 Å². The number of benzene rings is 2. The average molecular weight is 362 g/mol. The highest BCUT2D eigenvalue weighted by atomic mass is 16.2. The largest absolute Gasteiger partial charge is 0.349 e. The molecule has 0 aromatic heterocycles. The third kappa shape index (κ3) is 5.30. The molecule has 4 heteroatoms. The molecule has 0 unspecified atom stereocenters. The lowest BCUT2D eigenvalue weighted by Gasteiger charge is -2.10. The van der Waals surface area contributed by atoms with Crippen molar-refractivity contribution in [1.29, 1.82) is 0 Å². The van der Waals surface area contributed by atoms with Crippen molar-refractivity contribution < 1.29 is 9.59 Å². The molecule has 3 rings (SSSR count). The number of nitrogens with one attached hydrogen (secondary N) is 2. The number of hydrogen-bond acceptors (Lipinski definition) is 2. The molecule has 0 heterocycles. The molecule has 1 fully saturated rings. The highest BCUT2D eigenvalue weighted by Gasteiger charge is 2.24. The van der Waals surface area contributed by atoms with E-state index >= 15 is 0 Å². The van der Waals surface area contributed by atoms with Crippen molar-refractivity contribution in [2.24, 2.45) is 0 Å². The molecule has 1 saturated carbocycles. The zero-order valence-corrected chi connectivity index (χ0v) is 16.1. The van der Waals surface area contributed by atoms with Gasteiger partial charge < -0.3 is 10.6 Å². The number of carbonyl (C=O) groups excluding carboxylic acids is 2. The molecular weight excluding hydrogens is 336 g/mol. The van der Waals surface area contributed by atoms with Crippen LogP contribution in [0.15, 0.2) is 48.5 Å². The first kappa shape index (κ1) is 18.9. The maximum atomic E-state index is 12.3. The van der Waals surface area contributed by atoms with Gasteiger partial charge in [-0.05, 0) is 60.6 Å². The van der Waals surface area contributed by atoms with Gasteiger partial charge >= 0.3 is 0 Å². The van der Waals surface area contributed by atoms with Gasteiger partial charge in [0.2, 0.25) is 5.91 Å². The first-order chi connectivity index (χ1) is 12.9. The molecule has 27 heavy (non-hydrogen) atoms. The van der Waals surface area contributed by atoms with Crippen molar-refractivity contribution in [3.05, 3.63) is 70.8 Å². The highest BCUT2D eigenvalue weighted by Crippen LogP contribution is 2.21. The van der Waals surface area contributed by atoms with Gasteiger partial charge in [0.1, 0.15) is 0 Å².